The molecule has 3 aromatic heterocycles. The van der Waals surface area contributed by atoms with Gasteiger partial charge < -0.3 is 0 Å². The Hall–Kier alpha value is -5.93. The summed E-state index contributed by atoms with van der Waals surface area (Å²) in [5, 5.41) is 0. The number of hydrogen-bond donors (Lipinski definition) is 0. The van der Waals surface area contributed by atoms with Crippen molar-refractivity contribution in [3.05, 3.63) is 202 Å². The number of hydrogen-bond acceptors (Lipinski definition) is 0. The van der Waals surface area contributed by atoms with E-state index in [1.54, 1.807) is 0 Å². The minimum atomic E-state index is 0.774. The zero-order valence-electron chi connectivity index (χ0n) is 30.6. The quantitative estimate of drug-likeness (QED) is 0.142. The topological polar surface area (TPSA) is 11.6 Å². The third-order valence-electron chi connectivity index (χ3n) is 11.9. The number of fused-ring (bicyclic) bond motifs is 7. The summed E-state index contributed by atoms with van der Waals surface area (Å²) in [5.41, 5.74) is 22.5. The van der Waals surface area contributed by atoms with Gasteiger partial charge in [0.25, 0.3) is 0 Å². The first-order valence-electron chi connectivity index (χ1n) is 19.2. The normalized spacial score (nSPS) is 15.7. The fraction of sp³-hybridized carbons (Fsp3) is 0.180. The van der Waals surface area contributed by atoms with Gasteiger partial charge in [-0.15, -0.1) is 0 Å². The highest BCUT2D eigenvalue weighted by atomic mass is 15.0. The molecule has 0 atom stereocenters. The first-order valence-corrected chi connectivity index (χ1v) is 19.2. The highest BCUT2D eigenvalue weighted by Gasteiger charge is 2.38. The largest absolute Gasteiger partial charge is 0.229 e. The smallest absolute Gasteiger partial charge is 0.201 e. The second-order valence-electron chi connectivity index (χ2n) is 15.2. The van der Waals surface area contributed by atoms with Crippen LogP contribution in [0.15, 0.2) is 146 Å². The number of aromatic nitrogens is 3. The zero-order valence-corrected chi connectivity index (χ0v) is 30.6. The lowest BCUT2D eigenvalue weighted by molar-refractivity contribution is -0.660. The van der Waals surface area contributed by atoms with E-state index in [4.69, 9.17) is 0 Å². The Morgan fingerprint density at radius 2 is 1.11 bits per heavy atom. The second kappa shape index (κ2) is 12.9. The van der Waals surface area contributed by atoms with E-state index in [1.807, 2.05) is 0 Å². The lowest BCUT2D eigenvalue weighted by Gasteiger charge is -2.15. The highest BCUT2D eigenvalue weighted by molar-refractivity contribution is 5.94. The Morgan fingerprint density at radius 1 is 0.453 bits per heavy atom. The first-order chi connectivity index (χ1) is 26.1. The van der Waals surface area contributed by atoms with E-state index in [9.17, 15) is 0 Å². The van der Waals surface area contributed by atoms with Gasteiger partial charge in [-0.25, -0.2) is 4.57 Å². The second-order valence-corrected chi connectivity index (χ2v) is 15.2. The molecule has 0 N–H and O–H groups in total. The molecule has 8 heterocycles. The number of benzene rings is 4. The van der Waals surface area contributed by atoms with Gasteiger partial charge in [-0.1, -0.05) is 60.7 Å². The van der Waals surface area contributed by atoms with Gasteiger partial charge >= 0.3 is 0 Å². The van der Waals surface area contributed by atoms with Crippen LogP contribution >= 0.6 is 0 Å². The van der Waals surface area contributed by atoms with Crippen molar-refractivity contribution < 1.29 is 13.7 Å². The van der Waals surface area contributed by atoms with Crippen LogP contribution in [0.4, 0.5) is 0 Å². The van der Waals surface area contributed by atoms with Crippen LogP contribution in [0.1, 0.15) is 55.8 Å². The molecule has 0 spiro atoms. The monoisotopic (exact) mass is 686 g/mol. The SMILES string of the molecule is Cc1ccc2cc1-[n+]1ccccc1/C1=C3/c4ccccc4-c4ccc(c[n+]43)CCc3ccc(cc3CCc3ccc([n+](C)c3)-c3ccccc3C1)CC2. The van der Waals surface area contributed by atoms with Crippen molar-refractivity contribution in [2.24, 2.45) is 7.05 Å². The summed E-state index contributed by atoms with van der Waals surface area (Å²) in [6.07, 6.45) is 13.9. The van der Waals surface area contributed by atoms with Crippen molar-refractivity contribution in [1.29, 1.82) is 0 Å². The van der Waals surface area contributed by atoms with Gasteiger partial charge in [-0.05, 0) is 110 Å². The van der Waals surface area contributed by atoms with Crippen LogP contribution in [0, 0.1) is 6.92 Å². The van der Waals surface area contributed by atoms with Gasteiger partial charge in [0.05, 0.1) is 11.1 Å². The Balaban J connectivity index is 1.34. The van der Waals surface area contributed by atoms with E-state index in [0.717, 1.165) is 44.9 Å². The van der Waals surface area contributed by atoms with Crippen molar-refractivity contribution >= 4 is 11.3 Å². The molecule has 0 unspecified atom stereocenters. The lowest BCUT2D eigenvalue weighted by Crippen LogP contribution is -2.39. The minimum absolute atomic E-state index is 0.774. The van der Waals surface area contributed by atoms with Crippen LogP contribution in [0.5, 0.6) is 0 Å². The third kappa shape index (κ3) is 5.63. The van der Waals surface area contributed by atoms with Crippen LogP contribution in [-0.4, -0.2) is 0 Å². The summed E-state index contributed by atoms with van der Waals surface area (Å²) < 4.78 is 7.32. The van der Waals surface area contributed by atoms with Crippen LogP contribution in [0.2, 0.25) is 0 Å². The molecule has 7 aromatic rings. The maximum atomic E-state index is 2.52. The molecule has 0 radical (unpaired) electrons. The van der Waals surface area contributed by atoms with Crippen molar-refractivity contribution in [2.45, 2.75) is 51.9 Å². The van der Waals surface area contributed by atoms with E-state index in [2.05, 4.69) is 174 Å². The van der Waals surface area contributed by atoms with Crippen molar-refractivity contribution in [2.75, 3.05) is 0 Å². The Morgan fingerprint density at radius 3 is 1.96 bits per heavy atom. The summed E-state index contributed by atoms with van der Waals surface area (Å²) >= 11 is 0. The minimum Gasteiger partial charge on any atom is -0.201 e. The number of pyridine rings is 3. The first kappa shape index (κ1) is 31.8. The van der Waals surface area contributed by atoms with E-state index in [-0.39, 0.29) is 0 Å². The van der Waals surface area contributed by atoms with Crippen molar-refractivity contribution in [3.63, 3.8) is 0 Å². The molecular weight excluding hydrogens is 643 g/mol. The van der Waals surface area contributed by atoms with Crippen molar-refractivity contribution in [3.8, 4) is 28.2 Å². The number of aryl methyl sites for hydroxylation is 8. The Kier molecular flexibility index (Phi) is 7.75. The molecule has 53 heavy (non-hydrogen) atoms. The summed E-state index contributed by atoms with van der Waals surface area (Å²) in [6, 6.07) is 48.7. The van der Waals surface area contributed by atoms with E-state index < -0.39 is 0 Å². The molecule has 0 saturated heterocycles. The predicted molar refractivity (Wildman–Crippen MR) is 212 cm³/mol. The average Bonchev–Trinajstić information content (AvgIpc) is 3.51. The predicted octanol–water partition coefficient (Wildman–Crippen LogP) is 8.67. The average molecular weight is 687 g/mol. The molecule has 0 amide bonds. The summed E-state index contributed by atoms with van der Waals surface area (Å²) in [5.74, 6) is 0. The Bertz CT molecular complexity index is 2630. The molecule has 0 saturated carbocycles. The summed E-state index contributed by atoms with van der Waals surface area (Å²) in [4.78, 5) is 0. The molecule has 4 aromatic carbocycles. The molecule has 3 heteroatoms. The van der Waals surface area contributed by atoms with Gasteiger partial charge in [0.2, 0.25) is 28.5 Å². The van der Waals surface area contributed by atoms with Crippen molar-refractivity contribution in [1.82, 2.24) is 0 Å². The van der Waals surface area contributed by atoms with Gasteiger partial charge in [0, 0.05) is 59.0 Å². The molecule has 256 valence electrons. The number of nitrogens with zero attached hydrogens (tertiary/aromatic N) is 3. The molecule has 12 rings (SSSR count). The van der Waals surface area contributed by atoms with E-state index >= 15 is 0 Å². The molecule has 5 aliphatic rings. The highest BCUT2D eigenvalue weighted by Crippen LogP contribution is 2.39. The maximum Gasteiger partial charge on any atom is 0.229 e. The van der Waals surface area contributed by atoms with Gasteiger partial charge in [0.15, 0.2) is 18.6 Å². The lowest BCUT2D eigenvalue weighted by atomic mass is 9.91. The molecule has 10 bridgehead atoms. The molecule has 3 nitrogen and oxygen atoms in total. The number of allylic oxidation sites excluding steroid dienone is 1. The van der Waals surface area contributed by atoms with Crippen LogP contribution in [-0.2, 0) is 52.0 Å². The molecular formula is C50H44N3+3. The van der Waals surface area contributed by atoms with Crippen LogP contribution in [0.3, 0.4) is 0 Å². The maximum absolute atomic E-state index is 2.52. The fourth-order valence-electron chi connectivity index (χ4n) is 9.08. The van der Waals surface area contributed by atoms with Crippen LogP contribution in [0.25, 0.3) is 39.5 Å². The summed E-state index contributed by atoms with van der Waals surface area (Å²) in [7, 11) is 2.22. The third-order valence-corrected chi connectivity index (χ3v) is 11.9. The standard InChI is InChI=1S/C50H44N3/c1-34-14-15-36-17-16-35-18-23-39-24-19-38-22-27-48-43-11-5-6-12-44(43)50(53(48)33-38)45(47-13-7-8-28-52(47)49(34)30-36)31-41-9-3-4-10-42(41)46-26-21-37(32-51(46)2)20-25-40(39)29-35/h3-15,18,21-23,26-30,32-33H,16-17,19-20,24-25,31H2,1-2H3/q+3/b50-45-. The van der Waals surface area contributed by atoms with Gasteiger partial charge in [-0.3, -0.25) is 0 Å². The van der Waals surface area contributed by atoms with E-state index in [1.165, 1.54) is 95.2 Å². The fourth-order valence-corrected chi connectivity index (χ4v) is 9.08. The molecule has 0 fully saturated rings. The molecule has 5 aliphatic heterocycles. The molecule has 0 aliphatic carbocycles. The van der Waals surface area contributed by atoms with Gasteiger partial charge in [0.1, 0.15) is 12.6 Å². The van der Waals surface area contributed by atoms with Gasteiger partial charge in [-0.2, -0.15) is 9.13 Å². The van der Waals surface area contributed by atoms with Crippen LogP contribution < -0.4 is 13.7 Å². The summed E-state index contributed by atoms with van der Waals surface area (Å²) in [6.45, 7) is 2.26. The van der Waals surface area contributed by atoms with E-state index in [0.29, 0.717) is 0 Å². The Labute approximate surface area is 312 Å². The number of rotatable bonds is 0. The zero-order chi connectivity index (χ0) is 35.5.